The largest absolute Gasteiger partial charge is 0.481 e. The smallest absolute Gasteiger partial charge is 0.309 e. The lowest BCUT2D eigenvalue weighted by molar-refractivity contribution is -0.144. The summed E-state index contributed by atoms with van der Waals surface area (Å²) in [7, 11) is 0. The minimum Gasteiger partial charge on any atom is -0.481 e. The molecule has 1 rings (SSSR count). The van der Waals surface area contributed by atoms with Gasteiger partial charge in [-0.1, -0.05) is 27.2 Å². The molecule has 0 bridgehead atoms. The Morgan fingerprint density at radius 2 is 2.00 bits per heavy atom. The number of carboxylic acids is 1. The fourth-order valence-electron chi connectivity index (χ4n) is 1.66. The van der Waals surface area contributed by atoms with Crippen molar-refractivity contribution >= 4 is 5.97 Å². The van der Waals surface area contributed by atoms with Gasteiger partial charge in [-0.15, -0.1) is 0 Å². The second kappa shape index (κ2) is 2.75. The Labute approximate surface area is 74.0 Å². The van der Waals surface area contributed by atoms with Gasteiger partial charge in [0.1, 0.15) is 0 Å². The summed E-state index contributed by atoms with van der Waals surface area (Å²) in [5, 5.41) is 8.96. The second-order valence-corrected chi connectivity index (χ2v) is 4.78. The van der Waals surface area contributed by atoms with Gasteiger partial charge in [0.25, 0.3) is 0 Å². The average Bonchev–Trinajstić information content (AvgIpc) is 2.69. The van der Waals surface area contributed by atoms with Crippen LogP contribution in [0.15, 0.2) is 0 Å². The molecule has 2 heteroatoms. The molecular weight excluding hydrogens is 152 g/mol. The molecule has 0 heterocycles. The summed E-state index contributed by atoms with van der Waals surface area (Å²) in [5.74, 6) is -0.593. The second-order valence-electron chi connectivity index (χ2n) is 4.78. The van der Waals surface area contributed by atoms with Crippen LogP contribution >= 0.6 is 0 Å². The summed E-state index contributed by atoms with van der Waals surface area (Å²) in [5.41, 5.74) is -0.158. The molecule has 0 aromatic rings. The zero-order valence-corrected chi connectivity index (χ0v) is 8.18. The van der Waals surface area contributed by atoms with Crippen LogP contribution in [0, 0.1) is 10.8 Å². The summed E-state index contributed by atoms with van der Waals surface area (Å²) in [6.45, 7) is 6.42. The highest BCUT2D eigenvalue weighted by molar-refractivity contribution is 5.77. The molecule has 0 aromatic heterocycles. The first-order chi connectivity index (χ1) is 5.42. The molecule has 1 saturated carbocycles. The summed E-state index contributed by atoms with van der Waals surface area (Å²) in [4.78, 5) is 10.9. The molecule has 0 spiro atoms. The molecule has 1 aliphatic rings. The predicted octanol–water partition coefficient (Wildman–Crippen LogP) is 2.68. The topological polar surface area (TPSA) is 37.3 Å². The van der Waals surface area contributed by atoms with E-state index in [2.05, 4.69) is 20.8 Å². The van der Waals surface area contributed by atoms with E-state index in [9.17, 15) is 4.79 Å². The van der Waals surface area contributed by atoms with Gasteiger partial charge in [0.2, 0.25) is 0 Å². The van der Waals surface area contributed by atoms with Gasteiger partial charge in [0.15, 0.2) is 0 Å². The van der Waals surface area contributed by atoms with Crippen LogP contribution in [0.5, 0.6) is 0 Å². The molecule has 12 heavy (non-hydrogen) atoms. The molecule has 0 unspecified atom stereocenters. The normalized spacial score (nSPS) is 20.6. The highest BCUT2D eigenvalue weighted by Gasteiger charge is 2.52. The number of rotatable bonds is 4. The maximum atomic E-state index is 10.9. The molecule has 0 aromatic carbocycles. The summed E-state index contributed by atoms with van der Waals surface area (Å²) < 4.78 is 0. The fourth-order valence-corrected chi connectivity index (χ4v) is 1.66. The van der Waals surface area contributed by atoms with E-state index < -0.39 is 5.97 Å². The Bertz CT molecular complexity index is 190. The van der Waals surface area contributed by atoms with Gasteiger partial charge in [0, 0.05) is 0 Å². The lowest BCUT2D eigenvalue weighted by atomic mass is 9.79. The van der Waals surface area contributed by atoms with Gasteiger partial charge in [-0.05, 0) is 24.7 Å². The maximum absolute atomic E-state index is 10.9. The SMILES string of the molecule is CCC(C)(C)CC1(C(=O)O)CC1. The molecule has 1 aliphatic carbocycles. The van der Waals surface area contributed by atoms with Crippen molar-refractivity contribution in [1.82, 2.24) is 0 Å². The standard InChI is InChI=1S/C10H18O2/c1-4-9(2,3)7-10(5-6-10)8(11)12/h4-7H2,1-3H3,(H,11,12). The van der Waals surface area contributed by atoms with Crippen LogP contribution in [0.1, 0.15) is 46.5 Å². The van der Waals surface area contributed by atoms with Crippen LogP contribution < -0.4 is 0 Å². The number of hydrogen-bond donors (Lipinski definition) is 1. The van der Waals surface area contributed by atoms with Crippen LogP contribution in [0.3, 0.4) is 0 Å². The molecule has 1 N–H and O–H groups in total. The zero-order chi connectivity index (χ0) is 9.41. The molecule has 0 atom stereocenters. The average molecular weight is 170 g/mol. The van der Waals surface area contributed by atoms with Crippen molar-refractivity contribution in [3.63, 3.8) is 0 Å². The van der Waals surface area contributed by atoms with E-state index in [-0.39, 0.29) is 10.8 Å². The van der Waals surface area contributed by atoms with Gasteiger partial charge >= 0.3 is 5.97 Å². The molecule has 1 fully saturated rings. The van der Waals surface area contributed by atoms with Crippen LogP contribution in [0.25, 0.3) is 0 Å². The molecule has 0 amide bonds. The predicted molar refractivity (Wildman–Crippen MR) is 48.0 cm³/mol. The van der Waals surface area contributed by atoms with Crippen LogP contribution in [0.2, 0.25) is 0 Å². The van der Waals surface area contributed by atoms with E-state index in [1.165, 1.54) is 0 Å². The summed E-state index contributed by atoms with van der Waals surface area (Å²) >= 11 is 0. The first-order valence-corrected chi connectivity index (χ1v) is 4.65. The third kappa shape index (κ3) is 1.79. The van der Waals surface area contributed by atoms with Gasteiger partial charge < -0.3 is 5.11 Å². The van der Waals surface area contributed by atoms with Gasteiger partial charge in [-0.3, -0.25) is 4.79 Å². The minimum absolute atomic E-state index is 0.189. The first kappa shape index (κ1) is 9.56. The van der Waals surface area contributed by atoms with E-state index in [4.69, 9.17) is 5.11 Å². The molecule has 2 nitrogen and oxygen atoms in total. The summed E-state index contributed by atoms with van der Waals surface area (Å²) in [6.07, 6.45) is 3.66. The Morgan fingerprint density at radius 1 is 1.50 bits per heavy atom. The van der Waals surface area contributed by atoms with Crippen molar-refractivity contribution in [1.29, 1.82) is 0 Å². The Kier molecular flexibility index (Phi) is 2.19. The van der Waals surface area contributed by atoms with Crippen molar-refractivity contribution in [2.45, 2.75) is 46.5 Å². The van der Waals surface area contributed by atoms with Gasteiger partial charge in [0.05, 0.1) is 5.41 Å². The highest BCUT2D eigenvalue weighted by Crippen LogP contribution is 2.54. The van der Waals surface area contributed by atoms with Gasteiger partial charge in [-0.2, -0.15) is 0 Å². The molecule has 0 radical (unpaired) electrons. The van der Waals surface area contributed by atoms with E-state index in [0.717, 1.165) is 25.7 Å². The summed E-state index contributed by atoms with van der Waals surface area (Å²) in [6, 6.07) is 0. The number of carboxylic acid groups (broad SMARTS) is 1. The molecular formula is C10H18O2. The zero-order valence-electron chi connectivity index (χ0n) is 8.18. The van der Waals surface area contributed by atoms with Crippen molar-refractivity contribution in [2.75, 3.05) is 0 Å². The van der Waals surface area contributed by atoms with Crippen molar-refractivity contribution in [3.8, 4) is 0 Å². The maximum Gasteiger partial charge on any atom is 0.309 e. The first-order valence-electron chi connectivity index (χ1n) is 4.65. The lowest BCUT2D eigenvalue weighted by Crippen LogP contribution is -2.23. The van der Waals surface area contributed by atoms with E-state index in [1.807, 2.05) is 0 Å². The molecule has 0 aliphatic heterocycles. The Balaban J connectivity index is 2.56. The van der Waals surface area contributed by atoms with Crippen LogP contribution in [0.4, 0.5) is 0 Å². The van der Waals surface area contributed by atoms with Crippen LogP contribution in [-0.4, -0.2) is 11.1 Å². The van der Waals surface area contributed by atoms with E-state index in [0.29, 0.717) is 0 Å². The molecule has 0 saturated heterocycles. The molecule has 70 valence electrons. The van der Waals surface area contributed by atoms with E-state index in [1.54, 1.807) is 0 Å². The van der Waals surface area contributed by atoms with Crippen molar-refractivity contribution in [3.05, 3.63) is 0 Å². The Morgan fingerprint density at radius 3 is 2.25 bits per heavy atom. The quantitative estimate of drug-likeness (QED) is 0.704. The number of hydrogen-bond acceptors (Lipinski definition) is 1. The fraction of sp³-hybridized carbons (Fsp3) is 0.900. The number of carbonyl (C=O) groups is 1. The third-order valence-electron chi connectivity index (χ3n) is 3.08. The Hall–Kier alpha value is -0.530. The lowest BCUT2D eigenvalue weighted by Gasteiger charge is -2.26. The van der Waals surface area contributed by atoms with Crippen LogP contribution in [-0.2, 0) is 4.79 Å². The minimum atomic E-state index is -0.593. The van der Waals surface area contributed by atoms with E-state index >= 15 is 0 Å². The van der Waals surface area contributed by atoms with Crippen molar-refractivity contribution < 1.29 is 9.90 Å². The third-order valence-corrected chi connectivity index (χ3v) is 3.08. The number of aliphatic carboxylic acids is 1. The van der Waals surface area contributed by atoms with Gasteiger partial charge in [-0.25, -0.2) is 0 Å². The van der Waals surface area contributed by atoms with Crippen molar-refractivity contribution in [2.24, 2.45) is 10.8 Å². The monoisotopic (exact) mass is 170 g/mol. The highest BCUT2D eigenvalue weighted by atomic mass is 16.4.